The smallest absolute Gasteiger partial charge is 0.0945 e. The molecule has 3 nitrogen and oxygen atoms in total. The molecule has 0 amide bonds. The average Bonchev–Trinajstić information content (AvgIpc) is 2.86. The SMILES string of the molecule is Cc1cc(CNCCCn2ccnc2)ccc1Br. The highest BCUT2D eigenvalue weighted by Crippen LogP contribution is 2.16. The van der Waals surface area contributed by atoms with Crippen molar-refractivity contribution < 1.29 is 0 Å². The second-order valence-electron chi connectivity index (χ2n) is 4.41. The highest BCUT2D eigenvalue weighted by Gasteiger charge is 1.97. The van der Waals surface area contributed by atoms with Gasteiger partial charge < -0.3 is 9.88 Å². The molecule has 0 fully saturated rings. The third-order valence-corrected chi connectivity index (χ3v) is 3.77. The lowest BCUT2D eigenvalue weighted by Gasteiger charge is -2.07. The van der Waals surface area contributed by atoms with Crippen LogP contribution in [-0.2, 0) is 13.1 Å². The van der Waals surface area contributed by atoms with Crippen molar-refractivity contribution >= 4 is 15.9 Å². The van der Waals surface area contributed by atoms with Crippen molar-refractivity contribution in [3.05, 3.63) is 52.5 Å². The quantitative estimate of drug-likeness (QED) is 0.831. The van der Waals surface area contributed by atoms with Gasteiger partial charge in [-0.1, -0.05) is 28.1 Å². The predicted molar refractivity (Wildman–Crippen MR) is 77.4 cm³/mol. The maximum Gasteiger partial charge on any atom is 0.0945 e. The second-order valence-corrected chi connectivity index (χ2v) is 5.27. The lowest BCUT2D eigenvalue weighted by atomic mass is 10.1. The van der Waals surface area contributed by atoms with E-state index in [1.54, 1.807) is 0 Å². The zero-order valence-corrected chi connectivity index (χ0v) is 12.2. The van der Waals surface area contributed by atoms with Crippen LogP contribution in [-0.4, -0.2) is 16.1 Å². The molecular formula is C14H18BrN3. The molecule has 0 aliphatic rings. The number of rotatable bonds is 6. The molecule has 18 heavy (non-hydrogen) atoms. The summed E-state index contributed by atoms with van der Waals surface area (Å²) in [7, 11) is 0. The summed E-state index contributed by atoms with van der Waals surface area (Å²) in [5.41, 5.74) is 2.62. The van der Waals surface area contributed by atoms with Gasteiger partial charge in [0.15, 0.2) is 0 Å². The first-order chi connectivity index (χ1) is 8.75. The monoisotopic (exact) mass is 307 g/mol. The molecule has 0 bridgehead atoms. The Balaban J connectivity index is 1.67. The van der Waals surface area contributed by atoms with Gasteiger partial charge in [-0.25, -0.2) is 4.98 Å². The number of hydrogen-bond acceptors (Lipinski definition) is 2. The second kappa shape index (κ2) is 6.71. The van der Waals surface area contributed by atoms with E-state index >= 15 is 0 Å². The van der Waals surface area contributed by atoms with Crippen molar-refractivity contribution in [3.63, 3.8) is 0 Å². The maximum absolute atomic E-state index is 4.02. The van der Waals surface area contributed by atoms with Gasteiger partial charge in [0.25, 0.3) is 0 Å². The van der Waals surface area contributed by atoms with Crippen molar-refractivity contribution in [2.24, 2.45) is 0 Å². The van der Waals surface area contributed by atoms with E-state index in [1.165, 1.54) is 15.6 Å². The molecule has 1 heterocycles. The minimum Gasteiger partial charge on any atom is -0.337 e. The molecule has 0 atom stereocenters. The number of benzene rings is 1. The lowest BCUT2D eigenvalue weighted by molar-refractivity contribution is 0.580. The van der Waals surface area contributed by atoms with Crippen molar-refractivity contribution in [2.75, 3.05) is 6.54 Å². The van der Waals surface area contributed by atoms with E-state index in [4.69, 9.17) is 0 Å². The highest BCUT2D eigenvalue weighted by atomic mass is 79.9. The summed E-state index contributed by atoms with van der Waals surface area (Å²) in [6.07, 6.45) is 6.79. The maximum atomic E-state index is 4.02. The van der Waals surface area contributed by atoms with Crippen LogP contribution >= 0.6 is 15.9 Å². The van der Waals surface area contributed by atoms with Gasteiger partial charge in [-0.2, -0.15) is 0 Å². The van der Waals surface area contributed by atoms with Crippen molar-refractivity contribution in [1.29, 1.82) is 0 Å². The van der Waals surface area contributed by atoms with Crippen LogP contribution in [0, 0.1) is 6.92 Å². The highest BCUT2D eigenvalue weighted by molar-refractivity contribution is 9.10. The Kier molecular flexibility index (Phi) is 4.96. The van der Waals surface area contributed by atoms with Gasteiger partial charge in [0.1, 0.15) is 0 Å². The molecule has 0 unspecified atom stereocenters. The van der Waals surface area contributed by atoms with Gasteiger partial charge in [-0.05, 0) is 37.1 Å². The molecule has 1 N–H and O–H groups in total. The largest absolute Gasteiger partial charge is 0.337 e. The molecule has 4 heteroatoms. The van der Waals surface area contributed by atoms with Gasteiger partial charge in [-0.15, -0.1) is 0 Å². The number of aryl methyl sites for hydroxylation is 2. The molecule has 96 valence electrons. The zero-order chi connectivity index (χ0) is 12.8. The van der Waals surface area contributed by atoms with Crippen LogP contribution in [0.1, 0.15) is 17.5 Å². The van der Waals surface area contributed by atoms with Crippen LogP contribution in [0.15, 0.2) is 41.4 Å². The molecule has 1 aromatic carbocycles. The Morgan fingerprint density at radius 3 is 3.00 bits per heavy atom. The summed E-state index contributed by atoms with van der Waals surface area (Å²) in [5.74, 6) is 0. The fourth-order valence-electron chi connectivity index (χ4n) is 1.86. The van der Waals surface area contributed by atoms with Crippen molar-refractivity contribution in [1.82, 2.24) is 14.9 Å². The molecule has 0 radical (unpaired) electrons. The summed E-state index contributed by atoms with van der Waals surface area (Å²) >= 11 is 3.52. The molecule has 2 aromatic rings. The summed E-state index contributed by atoms with van der Waals surface area (Å²) in [6, 6.07) is 6.48. The van der Waals surface area contributed by atoms with E-state index in [0.717, 1.165) is 26.1 Å². The van der Waals surface area contributed by atoms with Crippen LogP contribution in [0.3, 0.4) is 0 Å². The third-order valence-electron chi connectivity index (χ3n) is 2.88. The normalized spacial score (nSPS) is 10.8. The number of aromatic nitrogens is 2. The molecule has 0 saturated heterocycles. The number of halogens is 1. The predicted octanol–water partition coefficient (Wildman–Crippen LogP) is 3.13. The number of hydrogen-bond donors (Lipinski definition) is 1. The summed E-state index contributed by atoms with van der Waals surface area (Å²) in [4.78, 5) is 4.02. The Labute approximate surface area is 116 Å². The van der Waals surface area contributed by atoms with Crippen LogP contribution < -0.4 is 5.32 Å². The molecule has 0 aliphatic heterocycles. The Bertz CT molecular complexity index is 480. The first-order valence-electron chi connectivity index (χ1n) is 6.17. The minimum atomic E-state index is 0.929. The van der Waals surface area contributed by atoms with Crippen molar-refractivity contribution in [3.8, 4) is 0 Å². The van der Waals surface area contributed by atoms with Crippen LogP contribution in [0.5, 0.6) is 0 Å². The number of nitrogens with one attached hydrogen (secondary N) is 1. The van der Waals surface area contributed by atoms with Crippen LogP contribution in [0.25, 0.3) is 0 Å². The molecule has 2 rings (SSSR count). The van der Waals surface area contributed by atoms with Crippen LogP contribution in [0.4, 0.5) is 0 Å². The first-order valence-corrected chi connectivity index (χ1v) is 6.96. The van der Waals surface area contributed by atoms with E-state index in [0.29, 0.717) is 0 Å². The fourth-order valence-corrected chi connectivity index (χ4v) is 2.10. The summed E-state index contributed by atoms with van der Waals surface area (Å²) in [5, 5.41) is 3.46. The molecule has 0 saturated carbocycles. The van der Waals surface area contributed by atoms with E-state index in [-0.39, 0.29) is 0 Å². The summed E-state index contributed by atoms with van der Waals surface area (Å²) in [6.45, 7) is 5.09. The van der Waals surface area contributed by atoms with E-state index in [2.05, 4.69) is 55.9 Å². The van der Waals surface area contributed by atoms with Gasteiger partial charge in [-0.3, -0.25) is 0 Å². The topological polar surface area (TPSA) is 29.9 Å². The van der Waals surface area contributed by atoms with Gasteiger partial charge in [0, 0.05) is 30.0 Å². The summed E-state index contributed by atoms with van der Waals surface area (Å²) < 4.78 is 3.28. The standard InChI is InChI=1S/C14H18BrN3/c1-12-9-13(3-4-14(12)15)10-16-5-2-7-18-8-6-17-11-18/h3-4,6,8-9,11,16H,2,5,7,10H2,1H3. The Hall–Kier alpha value is -1.13. The molecule has 0 spiro atoms. The average molecular weight is 308 g/mol. The number of imidazole rings is 1. The third kappa shape index (κ3) is 3.96. The fraction of sp³-hybridized carbons (Fsp3) is 0.357. The van der Waals surface area contributed by atoms with Gasteiger partial charge >= 0.3 is 0 Å². The number of nitrogens with zero attached hydrogens (tertiary/aromatic N) is 2. The molecule has 1 aromatic heterocycles. The lowest BCUT2D eigenvalue weighted by Crippen LogP contribution is -2.16. The first kappa shape index (κ1) is 13.3. The molecular weight excluding hydrogens is 290 g/mol. The van der Waals surface area contributed by atoms with E-state index in [1.807, 2.05) is 18.7 Å². The van der Waals surface area contributed by atoms with E-state index < -0.39 is 0 Å². The Morgan fingerprint density at radius 1 is 1.39 bits per heavy atom. The van der Waals surface area contributed by atoms with E-state index in [9.17, 15) is 0 Å². The van der Waals surface area contributed by atoms with Gasteiger partial charge in [0.2, 0.25) is 0 Å². The van der Waals surface area contributed by atoms with Gasteiger partial charge in [0.05, 0.1) is 6.33 Å². The van der Waals surface area contributed by atoms with Crippen molar-refractivity contribution in [2.45, 2.75) is 26.4 Å². The minimum absolute atomic E-state index is 0.929. The molecule has 0 aliphatic carbocycles. The Morgan fingerprint density at radius 2 is 2.28 bits per heavy atom. The van der Waals surface area contributed by atoms with Crippen LogP contribution in [0.2, 0.25) is 0 Å². The zero-order valence-electron chi connectivity index (χ0n) is 10.6.